The second-order valence-corrected chi connectivity index (χ2v) is 4.62. The molecule has 0 aliphatic heterocycles. The van der Waals surface area contributed by atoms with Crippen molar-refractivity contribution in [1.82, 2.24) is 4.57 Å². The molecular formula is C16H20N2O2. The first-order valence-corrected chi connectivity index (χ1v) is 6.81. The topological polar surface area (TPSA) is 43.3 Å². The number of anilines is 1. The van der Waals surface area contributed by atoms with Crippen molar-refractivity contribution in [3.63, 3.8) is 0 Å². The molecule has 4 heteroatoms. The third kappa shape index (κ3) is 3.41. The number of carbonyl (C=O) groups is 1. The van der Waals surface area contributed by atoms with Gasteiger partial charge in [-0.1, -0.05) is 6.92 Å². The first kappa shape index (κ1) is 14.2. The summed E-state index contributed by atoms with van der Waals surface area (Å²) in [4.78, 5) is 11.3. The van der Waals surface area contributed by atoms with Crippen molar-refractivity contribution >= 4 is 11.7 Å². The van der Waals surface area contributed by atoms with Gasteiger partial charge in [0.1, 0.15) is 0 Å². The molecule has 106 valence electrons. The van der Waals surface area contributed by atoms with Crippen molar-refractivity contribution in [3.8, 4) is 0 Å². The summed E-state index contributed by atoms with van der Waals surface area (Å²) in [7, 11) is 1.39. The van der Waals surface area contributed by atoms with E-state index in [-0.39, 0.29) is 5.97 Å². The molecule has 0 fully saturated rings. The molecule has 4 nitrogen and oxygen atoms in total. The molecule has 0 amide bonds. The molecule has 1 heterocycles. The lowest BCUT2D eigenvalue weighted by atomic mass is 10.2. The minimum Gasteiger partial charge on any atom is -0.465 e. The highest BCUT2D eigenvalue weighted by molar-refractivity contribution is 5.89. The van der Waals surface area contributed by atoms with Crippen molar-refractivity contribution in [3.05, 3.63) is 53.9 Å². The van der Waals surface area contributed by atoms with Gasteiger partial charge in [0.25, 0.3) is 0 Å². The van der Waals surface area contributed by atoms with E-state index in [0.29, 0.717) is 5.56 Å². The number of aromatic nitrogens is 1. The second-order valence-electron chi connectivity index (χ2n) is 4.62. The van der Waals surface area contributed by atoms with Gasteiger partial charge in [0.2, 0.25) is 0 Å². The van der Waals surface area contributed by atoms with Gasteiger partial charge in [-0.25, -0.2) is 4.79 Å². The molecule has 0 atom stereocenters. The van der Waals surface area contributed by atoms with Crippen LogP contribution in [0.5, 0.6) is 0 Å². The van der Waals surface area contributed by atoms with E-state index in [9.17, 15) is 4.79 Å². The summed E-state index contributed by atoms with van der Waals surface area (Å²) < 4.78 is 6.92. The number of ether oxygens (including phenoxy) is 1. The molecule has 0 aliphatic carbocycles. The molecule has 1 aromatic heterocycles. The molecule has 1 N–H and O–H groups in total. The highest BCUT2D eigenvalue weighted by Crippen LogP contribution is 2.12. The highest BCUT2D eigenvalue weighted by Gasteiger charge is 2.04. The van der Waals surface area contributed by atoms with Crippen LogP contribution in [-0.2, 0) is 17.8 Å². The Hall–Kier alpha value is -2.23. The summed E-state index contributed by atoms with van der Waals surface area (Å²) >= 11 is 0. The molecule has 0 aliphatic rings. The zero-order valence-electron chi connectivity index (χ0n) is 11.9. The van der Waals surface area contributed by atoms with Crippen LogP contribution in [0.1, 0.15) is 29.4 Å². The van der Waals surface area contributed by atoms with Crippen molar-refractivity contribution in [2.24, 2.45) is 0 Å². The monoisotopic (exact) mass is 272 g/mol. The Bertz CT molecular complexity index is 558. The van der Waals surface area contributed by atoms with Crippen LogP contribution >= 0.6 is 0 Å². The standard InChI is InChI=1S/C16H20N2O2/c1-3-10-18-11-4-5-15(18)12-17-14-8-6-13(7-9-14)16(19)20-2/h4-9,11,17H,3,10,12H2,1-2H3. The lowest BCUT2D eigenvalue weighted by Gasteiger charge is -2.10. The van der Waals surface area contributed by atoms with E-state index in [1.807, 2.05) is 12.1 Å². The number of esters is 1. The van der Waals surface area contributed by atoms with Crippen LogP contribution in [0, 0.1) is 0 Å². The van der Waals surface area contributed by atoms with E-state index in [1.165, 1.54) is 12.8 Å². The normalized spacial score (nSPS) is 10.3. The van der Waals surface area contributed by atoms with E-state index in [1.54, 1.807) is 12.1 Å². The van der Waals surface area contributed by atoms with Crippen LogP contribution < -0.4 is 5.32 Å². The van der Waals surface area contributed by atoms with E-state index < -0.39 is 0 Å². The molecule has 2 rings (SSSR count). The van der Waals surface area contributed by atoms with E-state index >= 15 is 0 Å². The Morgan fingerprint density at radius 3 is 2.65 bits per heavy atom. The SMILES string of the molecule is CCCn1cccc1CNc1ccc(C(=O)OC)cc1. The molecule has 0 saturated heterocycles. The second kappa shape index (κ2) is 6.80. The number of carbonyl (C=O) groups excluding carboxylic acids is 1. The molecule has 2 aromatic rings. The number of benzene rings is 1. The van der Waals surface area contributed by atoms with E-state index in [2.05, 4.69) is 39.9 Å². The van der Waals surface area contributed by atoms with Crippen molar-refractivity contribution < 1.29 is 9.53 Å². The Morgan fingerprint density at radius 1 is 1.25 bits per heavy atom. The van der Waals surface area contributed by atoms with Gasteiger partial charge in [0.05, 0.1) is 19.2 Å². The molecular weight excluding hydrogens is 252 g/mol. The molecule has 0 saturated carbocycles. The molecule has 1 aromatic carbocycles. The summed E-state index contributed by atoms with van der Waals surface area (Å²) in [6.45, 7) is 3.97. The zero-order valence-corrected chi connectivity index (χ0v) is 11.9. The fourth-order valence-corrected chi connectivity index (χ4v) is 2.10. The fraction of sp³-hybridized carbons (Fsp3) is 0.312. The molecule has 0 unspecified atom stereocenters. The number of nitrogens with one attached hydrogen (secondary N) is 1. The maximum absolute atomic E-state index is 11.3. The predicted octanol–water partition coefficient (Wildman–Crippen LogP) is 3.30. The summed E-state index contributed by atoms with van der Waals surface area (Å²) in [6, 6.07) is 11.5. The smallest absolute Gasteiger partial charge is 0.337 e. The van der Waals surface area contributed by atoms with Crippen molar-refractivity contribution in [1.29, 1.82) is 0 Å². The molecule has 0 radical (unpaired) electrons. The van der Waals surface area contributed by atoms with Crippen LogP contribution in [0.3, 0.4) is 0 Å². The first-order chi connectivity index (χ1) is 9.74. The Morgan fingerprint density at radius 2 is 2.00 bits per heavy atom. The van der Waals surface area contributed by atoms with E-state index in [4.69, 9.17) is 0 Å². The maximum atomic E-state index is 11.3. The molecule has 20 heavy (non-hydrogen) atoms. The van der Waals surface area contributed by atoms with Gasteiger partial charge in [0, 0.05) is 24.1 Å². The van der Waals surface area contributed by atoms with E-state index in [0.717, 1.165) is 25.2 Å². The summed E-state index contributed by atoms with van der Waals surface area (Å²) in [5.74, 6) is -0.312. The lowest BCUT2D eigenvalue weighted by molar-refractivity contribution is 0.0601. The van der Waals surface area contributed by atoms with Gasteiger partial charge in [-0.15, -0.1) is 0 Å². The molecule has 0 bridgehead atoms. The number of rotatable bonds is 6. The van der Waals surface area contributed by atoms with Gasteiger partial charge in [-0.05, 0) is 42.8 Å². The van der Waals surface area contributed by atoms with Crippen LogP contribution in [0.2, 0.25) is 0 Å². The Labute approximate surface area is 119 Å². The predicted molar refractivity (Wildman–Crippen MR) is 79.8 cm³/mol. The zero-order chi connectivity index (χ0) is 14.4. The number of nitrogens with zero attached hydrogens (tertiary/aromatic N) is 1. The Kier molecular flexibility index (Phi) is 4.82. The fourth-order valence-electron chi connectivity index (χ4n) is 2.10. The van der Waals surface area contributed by atoms with Crippen LogP contribution in [0.15, 0.2) is 42.6 Å². The summed E-state index contributed by atoms with van der Waals surface area (Å²) in [5.41, 5.74) is 2.80. The van der Waals surface area contributed by atoms with Gasteiger partial charge >= 0.3 is 5.97 Å². The van der Waals surface area contributed by atoms with Crippen LogP contribution in [-0.4, -0.2) is 17.6 Å². The van der Waals surface area contributed by atoms with Crippen LogP contribution in [0.25, 0.3) is 0 Å². The van der Waals surface area contributed by atoms with Gasteiger partial charge < -0.3 is 14.6 Å². The quantitative estimate of drug-likeness (QED) is 0.820. The van der Waals surface area contributed by atoms with Gasteiger partial charge in [-0.3, -0.25) is 0 Å². The largest absolute Gasteiger partial charge is 0.465 e. The highest BCUT2D eigenvalue weighted by atomic mass is 16.5. The third-order valence-electron chi connectivity index (χ3n) is 3.17. The average Bonchev–Trinajstić information content (AvgIpc) is 2.92. The maximum Gasteiger partial charge on any atom is 0.337 e. The number of hydrogen-bond acceptors (Lipinski definition) is 3. The number of hydrogen-bond donors (Lipinski definition) is 1. The lowest BCUT2D eigenvalue weighted by Crippen LogP contribution is -2.07. The molecule has 0 spiro atoms. The van der Waals surface area contributed by atoms with Gasteiger partial charge in [-0.2, -0.15) is 0 Å². The van der Waals surface area contributed by atoms with Gasteiger partial charge in [0.15, 0.2) is 0 Å². The van der Waals surface area contributed by atoms with Crippen LogP contribution in [0.4, 0.5) is 5.69 Å². The number of aryl methyl sites for hydroxylation is 1. The minimum atomic E-state index is -0.312. The van der Waals surface area contributed by atoms with Crippen molar-refractivity contribution in [2.75, 3.05) is 12.4 Å². The average molecular weight is 272 g/mol. The minimum absolute atomic E-state index is 0.312. The first-order valence-electron chi connectivity index (χ1n) is 6.81. The number of methoxy groups -OCH3 is 1. The summed E-state index contributed by atoms with van der Waals surface area (Å²) in [5, 5.41) is 3.36. The third-order valence-corrected chi connectivity index (χ3v) is 3.17. The Balaban J connectivity index is 1.97. The van der Waals surface area contributed by atoms with Crippen molar-refractivity contribution in [2.45, 2.75) is 26.4 Å². The summed E-state index contributed by atoms with van der Waals surface area (Å²) in [6.07, 6.45) is 3.22.